The molecule has 0 aromatic rings. The van der Waals surface area contributed by atoms with E-state index in [1.165, 1.54) is 7.05 Å². The SMILES string of the molecule is CNC(=O)[C@@H]1[C@@H](OC(=O)C(F)(F)F)CCN1C. The Morgan fingerprint density at radius 2 is 2.00 bits per heavy atom. The lowest BCUT2D eigenvalue weighted by atomic mass is 10.1. The molecular formula is C9H13F3N2O3. The molecule has 0 spiro atoms. The Morgan fingerprint density at radius 1 is 1.41 bits per heavy atom. The number of rotatable bonds is 2. The van der Waals surface area contributed by atoms with Crippen molar-refractivity contribution in [2.24, 2.45) is 0 Å². The fourth-order valence-corrected chi connectivity index (χ4v) is 1.76. The first kappa shape index (κ1) is 13.8. The summed E-state index contributed by atoms with van der Waals surface area (Å²) in [5, 5.41) is 2.33. The van der Waals surface area contributed by atoms with Gasteiger partial charge in [0.25, 0.3) is 0 Å². The fourth-order valence-electron chi connectivity index (χ4n) is 1.76. The molecule has 1 N–H and O–H groups in total. The second kappa shape index (κ2) is 4.91. The third-order valence-corrected chi connectivity index (χ3v) is 2.60. The van der Waals surface area contributed by atoms with Gasteiger partial charge in [0.15, 0.2) is 0 Å². The van der Waals surface area contributed by atoms with Crippen molar-refractivity contribution in [1.29, 1.82) is 0 Å². The van der Waals surface area contributed by atoms with Gasteiger partial charge >= 0.3 is 12.1 Å². The van der Waals surface area contributed by atoms with E-state index in [-0.39, 0.29) is 6.42 Å². The number of ether oxygens (including phenoxy) is 1. The highest BCUT2D eigenvalue weighted by atomic mass is 19.4. The molecule has 0 radical (unpaired) electrons. The molecule has 1 fully saturated rings. The highest BCUT2D eigenvalue weighted by Gasteiger charge is 2.46. The predicted molar refractivity (Wildman–Crippen MR) is 51.0 cm³/mol. The van der Waals surface area contributed by atoms with E-state index < -0.39 is 30.2 Å². The van der Waals surface area contributed by atoms with Gasteiger partial charge in [-0.1, -0.05) is 0 Å². The Kier molecular flexibility index (Phi) is 3.97. The van der Waals surface area contributed by atoms with Gasteiger partial charge < -0.3 is 10.1 Å². The van der Waals surface area contributed by atoms with Gasteiger partial charge in [-0.15, -0.1) is 0 Å². The van der Waals surface area contributed by atoms with Crippen LogP contribution >= 0.6 is 0 Å². The van der Waals surface area contributed by atoms with E-state index in [9.17, 15) is 22.8 Å². The lowest BCUT2D eigenvalue weighted by molar-refractivity contribution is -0.205. The number of alkyl halides is 3. The number of halogens is 3. The van der Waals surface area contributed by atoms with Crippen LogP contribution in [0.5, 0.6) is 0 Å². The van der Waals surface area contributed by atoms with Crippen LogP contribution < -0.4 is 5.32 Å². The van der Waals surface area contributed by atoms with Crippen LogP contribution in [0.4, 0.5) is 13.2 Å². The number of hydrogen-bond donors (Lipinski definition) is 1. The highest BCUT2D eigenvalue weighted by Crippen LogP contribution is 2.24. The summed E-state index contributed by atoms with van der Waals surface area (Å²) >= 11 is 0. The summed E-state index contributed by atoms with van der Waals surface area (Å²) in [6.45, 7) is 0.397. The third-order valence-electron chi connectivity index (χ3n) is 2.60. The van der Waals surface area contributed by atoms with E-state index in [0.717, 1.165) is 0 Å². The lowest BCUT2D eigenvalue weighted by Gasteiger charge is -2.23. The Hall–Kier alpha value is -1.31. The highest BCUT2D eigenvalue weighted by molar-refractivity contribution is 5.83. The number of carbonyl (C=O) groups excluding carboxylic acids is 2. The van der Waals surface area contributed by atoms with Crippen molar-refractivity contribution in [1.82, 2.24) is 10.2 Å². The monoisotopic (exact) mass is 254 g/mol. The fraction of sp³-hybridized carbons (Fsp3) is 0.778. The van der Waals surface area contributed by atoms with Gasteiger partial charge in [-0.25, -0.2) is 4.79 Å². The minimum absolute atomic E-state index is 0.205. The van der Waals surface area contributed by atoms with Gasteiger partial charge in [0.1, 0.15) is 12.1 Å². The van der Waals surface area contributed by atoms with Crippen LogP contribution in [0.25, 0.3) is 0 Å². The lowest BCUT2D eigenvalue weighted by Crippen LogP contribution is -2.47. The Bertz CT molecular complexity index is 319. The molecular weight excluding hydrogens is 241 g/mol. The van der Waals surface area contributed by atoms with Crippen LogP contribution in [0, 0.1) is 0 Å². The summed E-state index contributed by atoms with van der Waals surface area (Å²) in [5.74, 6) is -2.73. The third kappa shape index (κ3) is 3.09. The largest absolute Gasteiger partial charge is 0.490 e. The zero-order chi connectivity index (χ0) is 13.2. The van der Waals surface area contributed by atoms with Crippen LogP contribution in [0.1, 0.15) is 6.42 Å². The molecule has 17 heavy (non-hydrogen) atoms. The van der Waals surface area contributed by atoms with Crippen LogP contribution in [0.2, 0.25) is 0 Å². The summed E-state index contributed by atoms with van der Waals surface area (Å²) < 4.78 is 40.4. The van der Waals surface area contributed by atoms with E-state index in [1.54, 1.807) is 11.9 Å². The van der Waals surface area contributed by atoms with E-state index in [4.69, 9.17) is 0 Å². The molecule has 0 aromatic heterocycles. The number of esters is 1. The number of hydrogen-bond acceptors (Lipinski definition) is 4. The van der Waals surface area contributed by atoms with Gasteiger partial charge in [-0.05, 0) is 13.5 Å². The van der Waals surface area contributed by atoms with Crippen LogP contribution in [-0.2, 0) is 14.3 Å². The topological polar surface area (TPSA) is 58.6 Å². The molecule has 1 heterocycles. The molecule has 8 heteroatoms. The number of nitrogens with one attached hydrogen (secondary N) is 1. The average molecular weight is 254 g/mol. The summed E-state index contributed by atoms with van der Waals surface area (Å²) in [6.07, 6.45) is -5.89. The maximum Gasteiger partial charge on any atom is 0.490 e. The van der Waals surface area contributed by atoms with Gasteiger partial charge in [0.2, 0.25) is 5.91 Å². The van der Waals surface area contributed by atoms with Crippen molar-refractivity contribution in [3.63, 3.8) is 0 Å². The Labute approximate surface area is 95.9 Å². The van der Waals surface area contributed by atoms with Crippen LogP contribution in [-0.4, -0.2) is 55.7 Å². The summed E-state index contributed by atoms with van der Waals surface area (Å²) in [7, 11) is 2.96. The van der Waals surface area contributed by atoms with E-state index in [0.29, 0.717) is 6.54 Å². The first-order chi connectivity index (χ1) is 7.77. The van der Waals surface area contributed by atoms with Crippen molar-refractivity contribution in [2.45, 2.75) is 24.7 Å². The summed E-state index contributed by atoms with van der Waals surface area (Å²) in [5.41, 5.74) is 0. The minimum atomic E-state index is -5.03. The maximum absolute atomic E-state index is 12.0. The van der Waals surface area contributed by atoms with Crippen molar-refractivity contribution in [3.8, 4) is 0 Å². The molecule has 1 amide bonds. The molecule has 1 aliphatic rings. The molecule has 0 unspecified atom stereocenters. The number of likely N-dealkylation sites (N-methyl/N-ethyl adjacent to an activating group) is 2. The van der Waals surface area contributed by atoms with Crippen molar-refractivity contribution >= 4 is 11.9 Å². The normalized spacial score (nSPS) is 25.7. The summed E-state index contributed by atoms with van der Waals surface area (Å²) in [6, 6.07) is -0.869. The molecule has 2 atom stereocenters. The van der Waals surface area contributed by atoms with E-state index in [2.05, 4.69) is 10.1 Å². The second-order valence-corrected chi connectivity index (χ2v) is 3.77. The van der Waals surface area contributed by atoms with Gasteiger partial charge in [-0.3, -0.25) is 9.69 Å². The van der Waals surface area contributed by atoms with Crippen molar-refractivity contribution in [2.75, 3.05) is 20.6 Å². The van der Waals surface area contributed by atoms with Crippen LogP contribution in [0.15, 0.2) is 0 Å². The zero-order valence-electron chi connectivity index (χ0n) is 9.37. The number of nitrogens with zero attached hydrogens (tertiary/aromatic N) is 1. The standard InChI is InChI=1S/C9H13F3N2O3/c1-13-7(15)6-5(3-4-14(6)2)17-8(16)9(10,11)12/h5-6H,3-4H2,1-2H3,(H,13,15)/t5-,6-/m0/s1. The molecule has 0 aromatic carbocycles. The van der Waals surface area contributed by atoms with Gasteiger partial charge in [0, 0.05) is 13.6 Å². The summed E-state index contributed by atoms with van der Waals surface area (Å²) in [4.78, 5) is 23.7. The van der Waals surface area contributed by atoms with Crippen molar-refractivity contribution < 1.29 is 27.5 Å². The maximum atomic E-state index is 12.0. The number of amides is 1. The van der Waals surface area contributed by atoms with Gasteiger partial charge in [-0.2, -0.15) is 13.2 Å². The number of likely N-dealkylation sites (tertiary alicyclic amines) is 1. The second-order valence-electron chi connectivity index (χ2n) is 3.77. The first-order valence-electron chi connectivity index (χ1n) is 4.97. The molecule has 98 valence electrons. The number of carbonyl (C=O) groups is 2. The molecule has 5 nitrogen and oxygen atoms in total. The first-order valence-corrected chi connectivity index (χ1v) is 4.97. The molecule has 1 rings (SSSR count). The molecule has 1 aliphatic heterocycles. The minimum Gasteiger partial charge on any atom is -0.453 e. The Morgan fingerprint density at radius 3 is 2.47 bits per heavy atom. The molecule has 1 saturated heterocycles. The van der Waals surface area contributed by atoms with Crippen molar-refractivity contribution in [3.05, 3.63) is 0 Å². The smallest absolute Gasteiger partial charge is 0.453 e. The molecule has 0 saturated carbocycles. The van der Waals surface area contributed by atoms with Gasteiger partial charge in [0.05, 0.1) is 0 Å². The van der Waals surface area contributed by atoms with Crippen LogP contribution in [0.3, 0.4) is 0 Å². The van der Waals surface area contributed by atoms with E-state index >= 15 is 0 Å². The zero-order valence-corrected chi connectivity index (χ0v) is 9.37. The molecule has 0 aliphatic carbocycles. The Balaban J connectivity index is 2.71. The van der Waals surface area contributed by atoms with E-state index in [1.807, 2.05) is 0 Å². The quantitative estimate of drug-likeness (QED) is 0.700. The molecule has 0 bridgehead atoms. The average Bonchev–Trinajstić information content (AvgIpc) is 2.57. The predicted octanol–water partition coefficient (Wildman–Crippen LogP) is -0.0894.